The average Bonchev–Trinajstić information content (AvgIpc) is 3.61. The summed E-state index contributed by atoms with van der Waals surface area (Å²) in [7, 11) is 0. The lowest BCUT2D eigenvalue weighted by Gasteiger charge is -2.46. The van der Waals surface area contributed by atoms with Gasteiger partial charge in [-0.3, -0.25) is 4.79 Å². The van der Waals surface area contributed by atoms with E-state index in [1.165, 1.54) is 18.0 Å². The molecule has 1 aliphatic carbocycles. The number of benzene rings is 1. The predicted molar refractivity (Wildman–Crippen MR) is 126 cm³/mol. The third-order valence-corrected chi connectivity index (χ3v) is 7.18. The standard InChI is InChI=1S/C25H32FN5O/c1-15-14-30(11-10-27-15)20-7-8-22-21(12-20)24(29-23-9-6-19(26)13-28-23)16(2)25(18-4-5-18)31(22)17(3)32/h6-9,12-13,15-16,18,24-25,27H,4-5,10-11,14H2,1-3H3,(H,28,29)/t15-,16+,24+,25+/m0/s1. The summed E-state index contributed by atoms with van der Waals surface area (Å²) in [5.41, 5.74) is 3.27. The van der Waals surface area contributed by atoms with Gasteiger partial charge in [-0.05, 0) is 56.0 Å². The molecule has 1 saturated carbocycles. The van der Waals surface area contributed by atoms with E-state index in [4.69, 9.17) is 0 Å². The smallest absolute Gasteiger partial charge is 0.224 e. The molecule has 3 heterocycles. The molecule has 3 aliphatic rings. The molecule has 4 atom stereocenters. The van der Waals surface area contributed by atoms with E-state index in [0.717, 1.165) is 43.7 Å². The highest BCUT2D eigenvalue weighted by Gasteiger charge is 2.47. The van der Waals surface area contributed by atoms with E-state index in [1.54, 1.807) is 13.0 Å². The van der Waals surface area contributed by atoms with Crippen LogP contribution in [-0.4, -0.2) is 42.6 Å². The quantitative estimate of drug-likeness (QED) is 0.758. The van der Waals surface area contributed by atoms with Gasteiger partial charge in [-0.25, -0.2) is 9.37 Å². The Labute approximate surface area is 189 Å². The number of anilines is 3. The Morgan fingerprint density at radius 3 is 2.69 bits per heavy atom. The lowest BCUT2D eigenvalue weighted by atomic mass is 9.79. The third-order valence-electron chi connectivity index (χ3n) is 7.18. The van der Waals surface area contributed by atoms with Gasteiger partial charge >= 0.3 is 0 Å². The maximum atomic E-state index is 13.4. The fourth-order valence-corrected chi connectivity index (χ4v) is 5.54. The highest BCUT2D eigenvalue weighted by molar-refractivity contribution is 5.94. The zero-order chi connectivity index (χ0) is 22.4. The molecule has 1 saturated heterocycles. The second kappa shape index (κ2) is 8.35. The second-order valence-corrected chi connectivity index (χ2v) is 9.60. The van der Waals surface area contributed by atoms with E-state index in [1.807, 2.05) is 4.90 Å². The number of carbonyl (C=O) groups is 1. The molecule has 6 nitrogen and oxygen atoms in total. The van der Waals surface area contributed by atoms with Crippen molar-refractivity contribution in [2.24, 2.45) is 11.8 Å². The fraction of sp³-hybridized carbons (Fsp3) is 0.520. The number of piperazine rings is 1. The normalized spacial score (nSPS) is 27.8. The molecule has 170 valence electrons. The van der Waals surface area contributed by atoms with Gasteiger partial charge in [0.1, 0.15) is 11.6 Å². The number of fused-ring (bicyclic) bond motifs is 1. The number of rotatable bonds is 4. The Kier molecular flexibility index (Phi) is 5.53. The zero-order valence-corrected chi connectivity index (χ0v) is 19.0. The van der Waals surface area contributed by atoms with E-state index < -0.39 is 0 Å². The summed E-state index contributed by atoms with van der Waals surface area (Å²) in [6.07, 6.45) is 3.56. The molecule has 2 fully saturated rings. The molecule has 7 heteroatoms. The Morgan fingerprint density at radius 2 is 2.03 bits per heavy atom. The van der Waals surface area contributed by atoms with E-state index in [2.05, 4.69) is 52.6 Å². The van der Waals surface area contributed by atoms with Gasteiger partial charge in [-0.1, -0.05) is 6.92 Å². The number of nitrogens with one attached hydrogen (secondary N) is 2. The van der Waals surface area contributed by atoms with Gasteiger partial charge in [-0.15, -0.1) is 0 Å². The minimum absolute atomic E-state index is 0.00977. The second-order valence-electron chi connectivity index (χ2n) is 9.60. The van der Waals surface area contributed by atoms with Crippen LogP contribution in [0.1, 0.15) is 45.2 Å². The molecule has 2 aliphatic heterocycles. The molecule has 0 spiro atoms. The summed E-state index contributed by atoms with van der Waals surface area (Å²) < 4.78 is 13.4. The predicted octanol–water partition coefficient (Wildman–Crippen LogP) is 3.95. The van der Waals surface area contributed by atoms with Crippen molar-refractivity contribution in [2.45, 2.75) is 51.7 Å². The first-order valence-corrected chi connectivity index (χ1v) is 11.7. The van der Waals surface area contributed by atoms with Crippen LogP contribution in [0, 0.1) is 17.7 Å². The summed E-state index contributed by atoms with van der Waals surface area (Å²) in [6, 6.07) is 10.2. The lowest BCUT2D eigenvalue weighted by Crippen LogP contribution is -2.51. The molecule has 1 amide bonds. The van der Waals surface area contributed by atoms with Crippen molar-refractivity contribution < 1.29 is 9.18 Å². The van der Waals surface area contributed by atoms with Gasteiger partial charge in [0, 0.05) is 61.5 Å². The first-order chi connectivity index (χ1) is 15.4. The topological polar surface area (TPSA) is 60.5 Å². The van der Waals surface area contributed by atoms with Crippen LogP contribution in [0.4, 0.5) is 21.6 Å². The van der Waals surface area contributed by atoms with Gasteiger partial charge in [0.25, 0.3) is 0 Å². The first kappa shape index (κ1) is 21.2. The highest BCUT2D eigenvalue weighted by Crippen LogP contribution is 2.50. The van der Waals surface area contributed by atoms with Gasteiger partial charge in [0.2, 0.25) is 5.91 Å². The highest BCUT2D eigenvalue weighted by atomic mass is 19.1. The maximum absolute atomic E-state index is 13.4. The van der Waals surface area contributed by atoms with E-state index in [-0.39, 0.29) is 29.7 Å². The number of pyridine rings is 1. The molecule has 2 N–H and O–H groups in total. The molecule has 32 heavy (non-hydrogen) atoms. The zero-order valence-electron chi connectivity index (χ0n) is 19.0. The number of nitrogens with zero attached hydrogens (tertiary/aromatic N) is 3. The van der Waals surface area contributed by atoms with E-state index in [0.29, 0.717) is 17.8 Å². The number of hydrogen-bond acceptors (Lipinski definition) is 5. The van der Waals surface area contributed by atoms with Gasteiger partial charge in [0.15, 0.2) is 0 Å². The number of aromatic nitrogens is 1. The van der Waals surface area contributed by atoms with Crippen LogP contribution in [-0.2, 0) is 4.79 Å². The van der Waals surface area contributed by atoms with Crippen LogP contribution in [0.2, 0.25) is 0 Å². The summed E-state index contributed by atoms with van der Waals surface area (Å²) in [4.78, 5) is 21.5. The molecule has 2 aromatic rings. The Balaban J connectivity index is 1.57. The Hall–Kier alpha value is -2.67. The Morgan fingerprint density at radius 1 is 1.22 bits per heavy atom. The third kappa shape index (κ3) is 3.94. The summed E-state index contributed by atoms with van der Waals surface area (Å²) in [5, 5.41) is 7.08. The SMILES string of the molecule is CC(=O)N1c2ccc(N3CCN[C@@H](C)C3)cc2[C@H](Nc2ccc(F)cn2)[C@@H](C)[C@@H]1C1CC1. The van der Waals surface area contributed by atoms with Crippen molar-refractivity contribution in [1.82, 2.24) is 10.3 Å². The molecular weight excluding hydrogens is 405 g/mol. The van der Waals surface area contributed by atoms with Crippen molar-refractivity contribution in [1.29, 1.82) is 0 Å². The van der Waals surface area contributed by atoms with Crippen LogP contribution < -0.4 is 20.4 Å². The average molecular weight is 438 g/mol. The van der Waals surface area contributed by atoms with Crippen LogP contribution >= 0.6 is 0 Å². The maximum Gasteiger partial charge on any atom is 0.224 e. The van der Waals surface area contributed by atoms with Crippen LogP contribution in [0.3, 0.4) is 0 Å². The molecule has 1 aromatic carbocycles. The van der Waals surface area contributed by atoms with Crippen LogP contribution in [0.5, 0.6) is 0 Å². The van der Waals surface area contributed by atoms with Gasteiger partial charge in [-0.2, -0.15) is 0 Å². The van der Waals surface area contributed by atoms with E-state index in [9.17, 15) is 9.18 Å². The van der Waals surface area contributed by atoms with Gasteiger partial charge in [0.05, 0.1) is 12.2 Å². The largest absolute Gasteiger partial charge is 0.369 e. The number of amides is 1. The summed E-state index contributed by atoms with van der Waals surface area (Å²) >= 11 is 0. The van der Waals surface area contributed by atoms with Crippen molar-refractivity contribution >= 4 is 23.1 Å². The molecular formula is C25H32FN5O. The Bertz CT molecular complexity index is 992. The molecule has 0 radical (unpaired) electrons. The molecule has 0 unspecified atom stereocenters. The van der Waals surface area contributed by atoms with E-state index >= 15 is 0 Å². The molecule has 1 aromatic heterocycles. The summed E-state index contributed by atoms with van der Waals surface area (Å²) in [5.74, 6) is 1.13. The fourth-order valence-electron chi connectivity index (χ4n) is 5.54. The van der Waals surface area contributed by atoms with Crippen LogP contribution in [0.15, 0.2) is 36.5 Å². The molecule has 0 bridgehead atoms. The van der Waals surface area contributed by atoms with Crippen molar-refractivity contribution in [2.75, 3.05) is 34.8 Å². The number of hydrogen-bond donors (Lipinski definition) is 2. The first-order valence-electron chi connectivity index (χ1n) is 11.7. The van der Waals surface area contributed by atoms with Crippen molar-refractivity contribution in [3.8, 4) is 0 Å². The minimum Gasteiger partial charge on any atom is -0.369 e. The molecule has 5 rings (SSSR count). The van der Waals surface area contributed by atoms with Gasteiger partial charge < -0.3 is 20.4 Å². The number of halogens is 1. The summed E-state index contributed by atoms with van der Waals surface area (Å²) in [6.45, 7) is 8.97. The lowest BCUT2D eigenvalue weighted by molar-refractivity contribution is -0.117. The van der Waals surface area contributed by atoms with Crippen molar-refractivity contribution in [3.63, 3.8) is 0 Å². The number of carbonyl (C=O) groups excluding carboxylic acids is 1. The van der Waals surface area contributed by atoms with Crippen LogP contribution in [0.25, 0.3) is 0 Å². The van der Waals surface area contributed by atoms with Crippen molar-refractivity contribution in [3.05, 3.63) is 47.9 Å². The monoisotopic (exact) mass is 437 g/mol. The minimum atomic E-state index is -0.346.